The van der Waals surface area contributed by atoms with Crippen molar-refractivity contribution in [3.8, 4) is 0 Å². The molecule has 0 aromatic heterocycles. The molecular formula is C16H32. The first-order chi connectivity index (χ1) is 7.89. The van der Waals surface area contributed by atoms with E-state index in [4.69, 9.17) is 0 Å². The van der Waals surface area contributed by atoms with Crippen LogP contribution in [0, 0.1) is 5.92 Å². The van der Waals surface area contributed by atoms with Crippen LogP contribution in [-0.2, 0) is 0 Å². The summed E-state index contributed by atoms with van der Waals surface area (Å²) >= 11 is 0. The summed E-state index contributed by atoms with van der Waals surface area (Å²) in [6.45, 7) is 2.31. The summed E-state index contributed by atoms with van der Waals surface area (Å²) in [6.07, 6.45) is 21.0. The molecule has 0 aliphatic heterocycles. The predicted molar refractivity (Wildman–Crippen MR) is 73.8 cm³/mol. The molecule has 96 valence electrons. The Labute approximate surface area is 103 Å². The molecule has 0 heterocycles. The molecule has 0 bridgehead atoms. The first-order valence-corrected chi connectivity index (χ1v) is 7.89. The van der Waals surface area contributed by atoms with E-state index < -0.39 is 0 Å². The van der Waals surface area contributed by atoms with Crippen LogP contribution in [0.15, 0.2) is 0 Å². The van der Waals surface area contributed by atoms with Crippen LogP contribution in [0.2, 0.25) is 0 Å². The normalized spacial score (nSPS) is 24.6. The molecule has 4 rings (SSSR count). The van der Waals surface area contributed by atoms with Gasteiger partial charge in [0.05, 0.1) is 0 Å². The van der Waals surface area contributed by atoms with E-state index >= 15 is 0 Å². The summed E-state index contributed by atoms with van der Waals surface area (Å²) in [4.78, 5) is 0. The summed E-state index contributed by atoms with van der Waals surface area (Å²) in [5.41, 5.74) is 0. The van der Waals surface area contributed by atoms with Crippen LogP contribution in [-0.4, -0.2) is 0 Å². The molecule has 0 unspecified atom stereocenters. The maximum Gasteiger partial charge on any atom is -0.0443 e. The van der Waals surface area contributed by atoms with Crippen molar-refractivity contribution in [2.24, 2.45) is 5.92 Å². The molecular weight excluding hydrogens is 192 g/mol. The Morgan fingerprint density at radius 3 is 0.625 bits per heavy atom. The molecule has 0 nitrogen and oxygen atoms in total. The van der Waals surface area contributed by atoms with E-state index in [0.29, 0.717) is 0 Å². The third kappa shape index (κ3) is 10.5. The lowest BCUT2D eigenvalue weighted by Crippen LogP contribution is -2.04. The van der Waals surface area contributed by atoms with Crippen LogP contribution in [0.5, 0.6) is 0 Å². The Morgan fingerprint density at radius 2 is 0.625 bits per heavy atom. The zero-order valence-electron chi connectivity index (χ0n) is 11.5. The van der Waals surface area contributed by atoms with E-state index in [-0.39, 0.29) is 0 Å². The highest BCUT2D eigenvalue weighted by atomic mass is 14.1. The standard InChI is InChI=1S/C5H10.2C4H8.C3H6/c1-5-3-2-4-5;2*1-2-4-3-1;1-2-3-1/h5H,2-4H2,1H3;2*1-4H2;1-3H2. The molecule has 0 radical (unpaired) electrons. The van der Waals surface area contributed by atoms with Gasteiger partial charge in [0.15, 0.2) is 0 Å². The summed E-state index contributed by atoms with van der Waals surface area (Å²) in [7, 11) is 0. The van der Waals surface area contributed by atoms with Crippen molar-refractivity contribution in [1.29, 1.82) is 0 Å². The highest BCUT2D eigenvalue weighted by Crippen LogP contribution is 2.24. The van der Waals surface area contributed by atoms with Gasteiger partial charge in [-0.3, -0.25) is 0 Å². The first kappa shape index (κ1) is 14.1. The molecule has 0 heteroatoms. The molecule has 4 aliphatic rings. The van der Waals surface area contributed by atoms with Crippen molar-refractivity contribution in [3.05, 3.63) is 0 Å². The van der Waals surface area contributed by atoms with Gasteiger partial charge in [0.25, 0.3) is 0 Å². The maximum atomic E-state index is 2.31. The molecule has 4 saturated carbocycles. The van der Waals surface area contributed by atoms with Gasteiger partial charge in [-0.1, -0.05) is 96.8 Å². The lowest BCUT2D eigenvalue weighted by molar-refractivity contribution is 0.346. The minimum Gasteiger partial charge on any atom is -0.0625 e. The van der Waals surface area contributed by atoms with Crippen molar-refractivity contribution in [2.75, 3.05) is 0 Å². The van der Waals surface area contributed by atoms with Crippen molar-refractivity contribution in [1.82, 2.24) is 0 Å². The zero-order chi connectivity index (χ0) is 11.5. The minimum absolute atomic E-state index is 1.06. The van der Waals surface area contributed by atoms with Crippen LogP contribution < -0.4 is 0 Å². The van der Waals surface area contributed by atoms with Crippen LogP contribution in [0.1, 0.15) is 96.8 Å². The van der Waals surface area contributed by atoms with Gasteiger partial charge < -0.3 is 0 Å². The Bertz CT molecular complexity index is 106. The van der Waals surface area contributed by atoms with Gasteiger partial charge >= 0.3 is 0 Å². The van der Waals surface area contributed by atoms with Gasteiger partial charge in [-0.05, 0) is 5.92 Å². The van der Waals surface area contributed by atoms with Crippen LogP contribution in [0.3, 0.4) is 0 Å². The van der Waals surface area contributed by atoms with Crippen molar-refractivity contribution in [2.45, 2.75) is 96.8 Å². The molecule has 0 aromatic carbocycles. The first-order valence-electron chi connectivity index (χ1n) is 7.89. The van der Waals surface area contributed by atoms with Crippen molar-refractivity contribution >= 4 is 0 Å². The molecule has 0 saturated heterocycles. The summed E-state index contributed by atoms with van der Waals surface area (Å²) < 4.78 is 0. The lowest BCUT2D eigenvalue weighted by atomic mass is 9.88. The van der Waals surface area contributed by atoms with Crippen LogP contribution in [0.4, 0.5) is 0 Å². The minimum atomic E-state index is 1.06. The van der Waals surface area contributed by atoms with Gasteiger partial charge in [0.1, 0.15) is 0 Å². The van der Waals surface area contributed by atoms with E-state index in [0.717, 1.165) is 5.92 Å². The van der Waals surface area contributed by atoms with E-state index in [2.05, 4.69) is 6.92 Å². The van der Waals surface area contributed by atoms with Crippen LogP contribution in [0.25, 0.3) is 0 Å². The SMILES string of the molecule is C1CC1.C1CCC1.C1CCC1.CC1CCC1. The summed E-state index contributed by atoms with van der Waals surface area (Å²) in [6, 6.07) is 0. The second-order valence-corrected chi connectivity index (χ2v) is 5.93. The molecule has 0 aromatic rings. The quantitative estimate of drug-likeness (QED) is 0.466. The number of hydrogen-bond acceptors (Lipinski definition) is 0. The molecule has 0 amide bonds. The lowest BCUT2D eigenvalue weighted by Gasteiger charge is -2.18. The van der Waals surface area contributed by atoms with Gasteiger partial charge in [-0.2, -0.15) is 0 Å². The summed E-state index contributed by atoms with van der Waals surface area (Å²) in [5.74, 6) is 1.06. The largest absolute Gasteiger partial charge is 0.0625 e. The predicted octanol–water partition coefficient (Wildman–Crippen LogP) is 6.10. The highest BCUT2D eigenvalue weighted by molar-refractivity contribution is 4.62. The summed E-state index contributed by atoms with van der Waals surface area (Å²) in [5, 5.41) is 0. The fourth-order valence-electron chi connectivity index (χ4n) is 1.11. The smallest absolute Gasteiger partial charge is 0.0443 e. The molecule has 0 spiro atoms. The van der Waals surface area contributed by atoms with Crippen LogP contribution >= 0.6 is 0 Å². The van der Waals surface area contributed by atoms with E-state index in [1.807, 2.05) is 0 Å². The van der Waals surface area contributed by atoms with Crippen molar-refractivity contribution < 1.29 is 0 Å². The zero-order valence-corrected chi connectivity index (χ0v) is 11.5. The highest BCUT2D eigenvalue weighted by Gasteiger charge is 2.09. The Balaban J connectivity index is 0.000000108. The number of rotatable bonds is 0. The second-order valence-electron chi connectivity index (χ2n) is 5.93. The van der Waals surface area contributed by atoms with Crippen molar-refractivity contribution in [3.63, 3.8) is 0 Å². The average Bonchev–Trinajstić information content (AvgIpc) is 2.78. The second kappa shape index (κ2) is 10.2. The monoisotopic (exact) mass is 224 g/mol. The van der Waals surface area contributed by atoms with Gasteiger partial charge in [-0.15, -0.1) is 0 Å². The Hall–Kier alpha value is 0. The molecule has 0 atom stereocenters. The fraction of sp³-hybridized carbons (Fsp3) is 1.00. The topological polar surface area (TPSA) is 0 Å². The fourth-order valence-corrected chi connectivity index (χ4v) is 1.11. The Morgan fingerprint density at radius 1 is 0.438 bits per heavy atom. The molecule has 4 fully saturated rings. The van der Waals surface area contributed by atoms with E-state index in [9.17, 15) is 0 Å². The third-order valence-corrected chi connectivity index (χ3v) is 3.75. The number of hydrogen-bond donors (Lipinski definition) is 0. The Kier molecular flexibility index (Phi) is 8.94. The van der Waals surface area contributed by atoms with E-state index in [1.165, 1.54) is 89.9 Å². The van der Waals surface area contributed by atoms with Gasteiger partial charge in [-0.25, -0.2) is 0 Å². The maximum absolute atomic E-state index is 2.31. The van der Waals surface area contributed by atoms with Gasteiger partial charge in [0.2, 0.25) is 0 Å². The average molecular weight is 224 g/mol. The molecule has 16 heavy (non-hydrogen) atoms. The molecule has 4 aliphatic carbocycles. The molecule has 0 N–H and O–H groups in total. The van der Waals surface area contributed by atoms with Gasteiger partial charge in [0, 0.05) is 0 Å². The third-order valence-electron chi connectivity index (χ3n) is 3.75. The van der Waals surface area contributed by atoms with E-state index in [1.54, 1.807) is 0 Å².